The zero-order valence-corrected chi connectivity index (χ0v) is 19.1. The van der Waals surface area contributed by atoms with Gasteiger partial charge in [0, 0.05) is 25.2 Å². The van der Waals surface area contributed by atoms with Gasteiger partial charge in [-0.1, -0.05) is 23.7 Å². The van der Waals surface area contributed by atoms with Crippen LogP contribution in [-0.4, -0.2) is 78.2 Å². The van der Waals surface area contributed by atoms with Crippen LogP contribution in [0.3, 0.4) is 0 Å². The van der Waals surface area contributed by atoms with Gasteiger partial charge < -0.3 is 24.6 Å². The third-order valence-corrected chi connectivity index (χ3v) is 5.60. The van der Waals surface area contributed by atoms with Gasteiger partial charge in [-0.05, 0) is 44.9 Å². The second-order valence-electron chi connectivity index (χ2n) is 8.90. The van der Waals surface area contributed by atoms with Crippen LogP contribution in [-0.2, 0) is 25.5 Å². The van der Waals surface area contributed by atoms with Crippen LogP contribution in [0.15, 0.2) is 24.3 Å². The molecule has 31 heavy (non-hydrogen) atoms. The number of nitrogens with zero attached hydrogens (tertiary/aromatic N) is 2. The quantitative estimate of drug-likeness (QED) is 0.741. The minimum atomic E-state index is -0.876. The largest absolute Gasteiger partial charge is 0.444 e. The number of halogens is 1. The summed E-state index contributed by atoms with van der Waals surface area (Å²) in [6.07, 6.45) is -1.14. The number of amides is 3. The number of ether oxygens (including phenoxy) is 2. The standard InChI is InChI=1S/C22H30ClN3O5/c1-22(2,3)31-21(29)25-12-16-18(13-25)30-17(11-19(27)24-4)20(28)26(16)9-8-14-6-5-7-15(23)10-14/h5-7,10,16-18H,8-9,11-13H2,1-4H3,(H,24,27). The van der Waals surface area contributed by atoms with E-state index < -0.39 is 17.8 Å². The lowest BCUT2D eigenvalue weighted by Crippen LogP contribution is -2.59. The number of carbonyl (C=O) groups excluding carboxylic acids is 3. The van der Waals surface area contributed by atoms with Crippen LogP contribution in [0.1, 0.15) is 32.8 Å². The number of carbonyl (C=O) groups is 3. The first-order valence-corrected chi connectivity index (χ1v) is 10.8. The van der Waals surface area contributed by atoms with E-state index in [-0.39, 0.29) is 30.4 Å². The Morgan fingerprint density at radius 1 is 1.29 bits per heavy atom. The molecule has 2 saturated heterocycles. The SMILES string of the molecule is CNC(=O)CC1OC2CN(C(=O)OC(C)(C)C)CC2N(CCc2cccc(Cl)c2)C1=O. The van der Waals surface area contributed by atoms with Crippen molar-refractivity contribution in [3.63, 3.8) is 0 Å². The summed E-state index contributed by atoms with van der Waals surface area (Å²) < 4.78 is 11.5. The van der Waals surface area contributed by atoms with E-state index in [1.807, 2.05) is 39.0 Å². The van der Waals surface area contributed by atoms with Crippen LogP contribution in [0, 0.1) is 0 Å². The number of likely N-dealkylation sites (tertiary alicyclic amines) is 1. The Balaban J connectivity index is 1.77. The van der Waals surface area contributed by atoms with Crippen LogP contribution in [0.2, 0.25) is 5.02 Å². The lowest BCUT2D eigenvalue weighted by Gasteiger charge is -2.40. The molecule has 1 aromatic rings. The van der Waals surface area contributed by atoms with Crippen molar-refractivity contribution in [2.24, 2.45) is 0 Å². The first-order chi connectivity index (χ1) is 14.6. The summed E-state index contributed by atoms with van der Waals surface area (Å²) in [6.45, 7) is 6.51. The van der Waals surface area contributed by atoms with Crippen molar-refractivity contribution >= 4 is 29.5 Å². The van der Waals surface area contributed by atoms with Gasteiger partial charge in [0.05, 0.1) is 25.1 Å². The van der Waals surface area contributed by atoms with Crippen LogP contribution < -0.4 is 5.32 Å². The summed E-state index contributed by atoms with van der Waals surface area (Å²) in [5.41, 5.74) is 0.392. The van der Waals surface area contributed by atoms with Crippen LogP contribution in [0.4, 0.5) is 4.79 Å². The average Bonchev–Trinajstić information content (AvgIpc) is 3.10. The van der Waals surface area contributed by atoms with Gasteiger partial charge in [0.2, 0.25) is 5.91 Å². The minimum Gasteiger partial charge on any atom is -0.444 e. The summed E-state index contributed by atoms with van der Waals surface area (Å²) in [5, 5.41) is 3.17. The van der Waals surface area contributed by atoms with Crippen LogP contribution in [0.25, 0.3) is 0 Å². The zero-order chi connectivity index (χ0) is 22.8. The van der Waals surface area contributed by atoms with Crippen molar-refractivity contribution in [1.29, 1.82) is 0 Å². The molecule has 2 fully saturated rings. The Labute approximate surface area is 187 Å². The molecule has 170 valence electrons. The maximum absolute atomic E-state index is 13.2. The Bertz CT molecular complexity index is 841. The van der Waals surface area contributed by atoms with Crippen LogP contribution in [0.5, 0.6) is 0 Å². The zero-order valence-electron chi connectivity index (χ0n) is 18.4. The number of fused-ring (bicyclic) bond motifs is 1. The third kappa shape index (κ3) is 5.89. The van der Waals surface area contributed by atoms with Gasteiger partial charge in [-0.3, -0.25) is 9.59 Å². The fourth-order valence-corrected chi connectivity index (χ4v) is 4.12. The molecule has 0 bridgehead atoms. The number of morpholine rings is 1. The minimum absolute atomic E-state index is 0.0569. The highest BCUT2D eigenvalue weighted by Crippen LogP contribution is 2.29. The highest BCUT2D eigenvalue weighted by atomic mass is 35.5. The molecular formula is C22H30ClN3O5. The molecule has 2 aliphatic heterocycles. The van der Waals surface area contributed by atoms with E-state index in [9.17, 15) is 14.4 Å². The smallest absolute Gasteiger partial charge is 0.410 e. The summed E-state index contributed by atoms with van der Waals surface area (Å²) >= 11 is 6.08. The molecule has 3 atom stereocenters. The molecular weight excluding hydrogens is 422 g/mol. The number of nitrogens with one attached hydrogen (secondary N) is 1. The lowest BCUT2D eigenvalue weighted by atomic mass is 10.0. The lowest BCUT2D eigenvalue weighted by molar-refractivity contribution is -0.169. The molecule has 0 spiro atoms. The van der Waals surface area contributed by atoms with Gasteiger partial charge in [-0.2, -0.15) is 0 Å². The molecule has 1 aromatic carbocycles. The number of hydrogen-bond donors (Lipinski definition) is 1. The molecule has 2 heterocycles. The van der Waals surface area contributed by atoms with Gasteiger partial charge in [0.15, 0.2) is 0 Å². The molecule has 0 radical (unpaired) electrons. The second-order valence-corrected chi connectivity index (χ2v) is 9.34. The highest BCUT2D eigenvalue weighted by Gasteiger charge is 2.49. The van der Waals surface area contributed by atoms with Crippen molar-refractivity contribution in [3.8, 4) is 0 Å². The summed E-state index contributed by atoms with van der Waals surface area (Å²) in [4.78, 5) is 41.0. The molecule has 3 unspecified atom stereocenters. The molecule has 0 aliphatic carbocycles. The van der Waals surface area contributed by atoms with Crippen LogP contribution >= 0.6 is 11.6 Å². The molecule has 2 aliphatic rings. The van der Waals surface area contributed by atoms with Crippen molar-refractivity contribution in [3.05, 3.63) is 34.9 Å². The highest BCUT2D eigenvalue weighted by molar-refractivity contribution is 6.30. The molecule has 3 amide bonds. The molecule has 8 nitrogen and oxygen atoms in total. The monoisotopic (exact) mass is 451 g/mol. The van der Waals surface area contributed by atoms with Gasteiger partial charge >= 0.3 is 6.09 Å². The fraction of sp³-hybridized carbons (Fsp3) is 0.591. The Kier molecular flexibility index (Phi) is 7.11. The van der Waals surface area contributed by atoms with Gasteiger partial charge in [0.1, 0.15) is 11.7 Å². The van der Waals surface area contributed by atoms with E-state index in [2.05, 4.69) is 5.32 Å². The van der Waals surface area contributed by atoms with E-state index >= 15 is 0 Å². The van der Waals surface area contributed by atoms with Crippen molar-refractivity contribution in [2.45, 2.75) is 57.5 Å². The maximum Gasteiger partial charge on any atom is 0.410 e. The van der Waals surface area contributed by atoms with E-state index in [0.29, 0.717) is 31.1 Å². The third-order valence-electron chi connectivity index (χ3n) is 5.37. The van der Waals surface area contributed by atoms with Crippen molar-refractivity contribution in [1.82, 2.24) is 15.1 Å². The Hall–Kier alpha value is -2.32. The van der Waals surface area contributed by atoms with Gasteiger partial charge in [0.25, 0.3) is 5.91 Å². The van der Waals surface area contributed by atoms with E-state index in [4.69, 9.17) is 21.1 Å². The molecule has 0 aromatic heterocycles. The first kappa shape index (κ1) is 23.3. The predicted molar refractivity (Wildman–Crippen MR) is 116 cm³/mol. The number of hydrogen-bond acceptors (Lipinski definition) is 5. The van der Waals surface area contributed by atoms with Crippen molar-refractivity contribution < 1.29 is 23.9 Å². The normalized spacial score (nSPS) is 23.5. The maximum atomic E-state index is 13.2. The van der Waals surface area contributed by atoms with Gasteiger partial charge in [-0.15, -0.1) is 0 Å². The van der Waals surface area contributed by atoms with E-state index in [1.54, 1.807) is 15.9 Å². The van der Waals surface area contributed by atoms with Crippen molar-refractivity contribution in [2.75, 3.05) is 26.7 Å². The fourth-order valence-electron chi connectivity index (χ4n) is 3.91. The summed E-state index contributed by atoms with van der Waals surface area (Å²) in [7, 11) is 1.52. The predicted octanol–water partition coefficient (Wildman–Crippen LogP) is 2.23. The average molecular weight is 452 g/mol. The summed E-state index contributed by atoms with van der Waals surface area (Å²) in [5.74, 6) is -0.508. The van der Waals surface area contributed by atoms with E-state index in [1.165, 1.54) is 7.05 Å². The molecule has 0 saturated carbocycles. The molecule has 1 N–H and O–H groups in total. The van der Waals surface area contributed by atoms with E-state index in [0.717, 1.165) is 5.56 Å². The molecule has 3 rings (SSSR count). The number of benzene rings is 1. The molecule has 9 heteroatoms. The Morgan fingerprint density at radius 2 is 2.03 bits per heavy atom. The topological polar surface area (TPSA) is 88.2 Å². The first-order valence-electron chi connectivity index (χ1n) is 10.5. The summed E-state index contributed by atoms with van der Waals surface area (Å²) in [6, 6.07) is 7.21. The van der Waals surface area contributed by atoms with Gasteiger partial charge in [-0.25, -0.2) is 4.79 Å². The second kappa shape index (κ2) is 9.44. The number of rotatable bonds is 5. The Morgan fingerprint density at radius 3 is 2.68 bits per heavy atom.